The largest absolute Gasteiger partial charge is 0.380 e. The molecule has 1 aromatic rings. The molecule has 0 saturated carbocycles. The van der Waals surface area contributed by atoms with Crippen LogP contribution in [-0.4, -0.2) is 6.54 Å². The fraction of sp³-hybridized carbons (Fsp3) is 0.462. The molecule has 1 aromatic carbocycles. The minimum Gasteiger partial charge on any atom is -0.380 e. The third-order valence-electron chi connectivity index (χ3n) is 2.59. The van der Waals surface area contributed by atoms with E-state index < -0.39 is 17.0 Å². The van der Waals surface area contributed by atoms with Crippen LogP contribution in [0, 0.1) is 28.4 Å². The van der Waals surface area contributed by atoms with Crippen molar-refractivity contribution >= 4 is 21.6 Å². The fourth-order valence-corrected chi connectivity index (χ4v) is 1.91. The molecule has 18 heavy (non-hydrogen) atoms. The molecule has 1 rings (SSSR count). The van der Waals surface area contributed by atoms with Crippen LogP contribution in [0.25, 0.3) is 0 Å². The number of rotatable bonds is 5. The van der Waals surface area contributed by atoms with Crippen molar-refractivity contribution in [2.75, 3.05) is 11.9 Å². The van der Waals surface area contributed by atoms with Gasteiger partial charge in [-0.05, 0) is 38.8 Å². The van der Waals surface area contributed by atoms with Gasteiger partial charge in [-0.25, -0.2) is 8.78 Å². The predicted octanol–water partition coefficient (Wildman–Crippen LogP) is 4.47. The first kappa shape index (κ1) is 14.9. The maximum Gasteiger partial charge on any atom is 0.150 e. The molecule has 0 amide bonds. The summed E-state index contributed by atoms with van der Waals surface area (Å²) >= 11 is 3.02. The van der Waals surface area contributed by atoms with Gasteiger partial charge in [-0.2, -0.15) is 5.26 Å². The standard InChI is InChI=1S/C13H15BrF2N2/c1-13(2,8-17)4-3-5-18-12-10(15)6-9(14)7-11(12)16/h6-7,18H,3-5H2,1-2H3. The fourth-order valence-electron chi connectivity index (χ4n) is 1.51. The van der Waals surface area contributed by atoms with Crippen LogP contribution in [0.15, 0.2) is 16.6 Å². The molecule has 5 heteroatoms. The average Bonchev–Trinajstić information content (AvgIpc) is 2.26. The molecule has 0 aliphatic rings. The van der Waals surface area contributed by atoms with E-state index in [1.54, 1.807) is 0 Å². The van der Waals surface area contributed by atoms with Gasteiger partial charge in [0.15, 0.2) is 0 Å². The lowest BCUT2D eigenvalue weighted by atomic mass is 9.90. The average molecular weight is 317 g/mol. The van der Waals surface area contributed by atoms with E-state index in [1.165, 1.54) is 12.1 Å². The molecule has 98 valence electrons. The van der Waals surface area contributed by atoms with Crippen molar-refractivity contribution in [2.45, 2.75) is 26.7 Å². The van der Waals surface area contributed by atoms with Crippen molar-refractivity contribution in [1.82, 2.24) is 0 Å². The van der Waals surface area contributed by atoms with Gasteiger partial charge in [0.1, 0.15) is 17.3 Å². The summed E-state index contributed by atoms with van der Waals surface area (Å²) in [4.78, 5) is 0. The molecule has 0 unspecified atom stereocenters. The molecule has 0 saturated heterocycles. The highest BCUT2D eigenvalue weighted by atomic mass is 79.9. The Morgan fingerprint density at radius 1 is 1.33 bits per heavy atom. The molecule has 0 heterocycles. The van der Waals surface area contributed by atoms with Crippen LogP contribution in [0.4, 0.5) is 14.5 Å². The van der Waals surface area contributed by atoms with Gasteiger partial charge in [-0.3, -0.25) is 0 Å². The first-order valence-electron chi connectivity index (χ1n) is 5.65. The quantitative estimate of drug-likeness (QED) is 0.813. The molecule has 1 N–H and O–H groups in total. The summed E-state index contributed by atoms with van der Waals surface area (Å²) < 4.78 is 27.3. The Hall–Kier alpha value is -1.15. The van der Waals surface area contributed by atoms with Gasteiger partial charge in [0.2, 0.25) is 0 Å². The maximum atomic E-state index is 13.5. The van der Waals surface area contributed by atoms with Crippen LogP contribution in [0.5, 0.6) is 0 Å². The summed E-state index contributed by atoms with van der Waals surface area (Å²) in [5.74, 6) is -1.25. The van der Waals surface area contributed by atoms with Crippen LogP contribution < -0.4 is 5.32 Å². The number of nitrogens with zero attached hydrogens (tertiary/aromatic N) is 1. The van der Waals surface area contributed by atoms with E-state index in [0.29, 0.717) is 23.9 Å². The Kier molecular flexibility index (Phi) is 5.09. The van der Waals surface area contributed by atoms with E-state index in [2.05, 4.69) is 27.3 Å². The van der Waals surface area contributed by atoms with Gasteiger partial charge < -0.3 is 5.32 Å². The van der Waals surface area contributed by atoms with Crippen molar-refractivity contribution in [2.24, 2.45) is 5.41 Å². The van der Waals surface area contributed by atoms with Crippen molar-refractivity contribution in [3.63, 3.8) is 0 Å². The highest BCUT2D eigenvalue weighted by molar-refractivity contribution is 9.10. The normalized spacial score (nSPS) is 11.1. The molecule has 0 radical (unpaired) electrons. The van der Waals surface area contributed by atoms with Gasteiger partial charge >= 0.3 is 0 Å². The van der Waals surface area contributed by atoms with E-state index in [9.17, 15) is 8.78 Å². The molecule has 2 nitrogen and oxygen atoms in total. The number of anilines is 1. The lowest BCUT2D eigenvalue weighted by Gasteiger charge is -2.15. The van der Waals surface area contributed by atoms with Crippen LogP contribution in [0.2, 0.25) is 0 Å². The molecule has 0 fully saturated rings. The monoisotopic (exact) mass is 316 g/mol. The lowest BCUT2D eigenvalue weighted by molar-refractivity contribution is 0.441. The van der Waals surface area contributed by atoms with E-state index >= 15 is 0 Å². The zero-order valence-electron chi connectivity index (χ0n) is 10.4. The summed E-state index contributed by atoms with van der Waals surface area (Å²) in [5.41, 5.74) is -0.522. The minimum atomic E-state index is -0.624. The molecule has 0 spiro atoms. The van der Waals surface area contributed by atoms with Crippen molar-refractivity contribution in [3.05, 3.63) is 28.2 Å². The Morgan fingerprint density at radius 3 is 2.39 bits per heavy atom. The van der Waals surface area contributed by atoms with Crippen LogP contribution in [0.3, 0.4) is 0 Å². The smallest absolute Gasteiger partial charge is 0.150 e. The first-order valence-corrected chi connectivity index (χ1v) is 6.45. The molecule has 0 bridgehead atoms. The zero-order valence-corrected chi connectivity index (χ0v) is 11.9. The molecular weight excluding hydrogens is 302 g/mol. The maximum absolute atomic E-state index is 13.5. The Labute approximate surface area is 114 Å². The molecular formula is C13H15BrF2N2. The number of nitriles is 1. The second-order valence-electron chi connectivity index (χ2n) is 4.77. The molecule has 0 atom stereocenters. The SMILES string of the molecule is CC(C)(C#N)CCCNc1c(F)cc(Br)cc1F. The highest BCUT2D eigenvalue weighted by Gasteiger charge is 2.16. The summed E-state index contributed by atoms with van der Waals surface area (Å²) in [6, 6.07) is 4.61. The van der Waals surface area contributed by atoms with E-state index in [0.717, 1.165) is 0 Å². The third kappa shape index (κ3) is 4.26. The Morgan fingerprint density at radius 2 is 1.89 bits per heavy atom. The highest BCUT2D eigenvalue weighted by Crippen LogP contribution is 2.25. The van der Waals surface area contributed by atoms with Gasteiger partial charge in [0, 0.05) is 11.0 Å². The van der Waals surface area contributed by atoms with Gasteiger partial charge in [-0.15, -0.1) is 0 Å². The zero-order chi connectivity index (χ0) is 13.8. The number of benzene rings is 1. The number of halogens is 3. The van der Waals surface area contributed by atoms with Crippen LogP contribution in [-0.2, 0) is 0 Å². The Balaban J connectivity index is 2.53. The second kappa shape index (κ2) is 6.14. The summed E-state index contributed by atoms with van der Waals surface area (Å²) in [7, 11) is 0. The summed E-state index contributed by atoms with van der Waals surface area (Å²) in [5, 5.41) is 11.6. The number of nitrogens with one attached hydrogen (secondary N) is 1. The molecule has 0 aliphatic heterocycles. The number of hydrogen-bond donors (Lipinski definition) is 1. The minimum absolute atomic E-state index is 0.118. The summed E-state index contributed by atoms with van der Waals surface area (Å²) in [6.07, 6.45) is 1.35. The van der Waals surface area contributed by atoms with Gasteiger partial charge in [0.25, 0.3) is 0 Å². The Bertz CT molecular complexity index is 444. The first-order chi connectivity index (χ1) is 8.35. The van der Waals surface area contributed by atoms with E-state index in [4.69, 9.17) is 5.26 Å². The van der Waals surface area contributed by atoms with Crippen LogP contribution >= 0.6 is 15.9 Å². The van der Waals surface area contributed by atoms with Gasteiger partial charge in [0.05, 0.1) is 11.5 Å². The second-order valence-corrected chi connectivity index (χ2v) is 5.69. The molecule has 0 aliphatic carbocycles. The lowest BCUT2D eigenvalue weighted by Crippen LogP contribution is -2.12. The third-order valence-corrected chi connectivity index (χ3v) is 3.05. The van der Waals surface area contributed by atoms with E-state index in [-0.39, 0.29) is 5.69 Å². The number of hydrogen-bond acceptors (Lipinski definition) is 2. The predicted molar refractivity (Wildman–Crippen MR) is 71.2 cm³/mol. The van der Waals surface area contributed by atoms with Crippen LogP contribution in [0.1, 0.15) is 26.7 Å². The van der Waals surface area contributed by atoms with Crippen molar-refractivity contribution in [1.29, 1.82) is 5.26 Å². The summed E-state index contributed by atoms with van der Waals surface area (Å²) in [6.45, 7) is 4.11. The van der Waals surface area contributed by atoms with Crippen molar-refractivity contribution in [3.8, 4) is 6.07 Å². The molecule has 0 aromatic heterocycles. The van der Waals surface area contributed by atoms with Gasteiger partial charge in [-0.1, -0.05) is 15.9 Å². The topological polar surface area (TPSA) is 35.8 Å². The van der Waals surface area contributed by atoms with Crippen molar-refractivity contribution < 1.29 is 8.78 Å². The van der Waals surface area contributed by atoms with E-state index in [1.807, 2.05) is 13.8 Å².